The van der Waals surface area contributed by atoms with Crippen molar-refractivity contribution in [3.63, 3.8) is 0 Å². The molecule has 0 aliphatic rings. The summed E-state index contributed by atoms with van der Waals surface area (Å²) in [5, 5.41) is 4.25. The van der Waals surface area contributed by atoms with Crippen LogP contribution in [0.5, 0.6) is 0 Å². The van der Waals surface area contributed by atoms with E-state index in [0.29, 0.717) is 0 Å². The number of aldehydes is 1. The predicted molar refractivity (Wildman–Crippen MR) is 59.2 cm³/mol. The van der Waals surface area contributed by atoms with E-state index in [0.717, 1.165) is 35.8 Å². The van der Waals surface area contributed by atoms with Gasteiger partial charge in [-0.05, 0) is 28.8 Å². The van der Waals surface area contributed by atoms with Gasteiger partial charge in [-0.15, -0.1) is 0 Å². The molecule has 1 aromatic rings. The molecule has 1 heterocycles. The van der Waals surface area contributed by atoms with Gasteiger partial charge in [0.2, 0.25) is 0 Å². The van der Waals surface area contributed by atoms with Crippen molar-refractivity contribution in [3.05, 3.63) is 16.4 Å². The van der Waals surface area contributed by atoms with Gasteiger partial charge in [-0.1, -0.05) is 13.8 Å². The number of aromatic nitrogens is 2. The van der Waals surface area contributed by atoms with E-state index in [-0.39, 0.29) is 5.92 Å². The van der Waals surface area contributed by atoms with Crippen molar-refractivity contribution in [2.24, 2.45) is 5.92 Å². The van der Waals surface area contributed by atoms with Crippen LogP contribution in [0.25, 0.3) is 0 Å². The normalized spacial score (nSPS) is 12.8. The molecule has 0 fully saturated rings. The minimum Gasteiger partial charge on any atom is -0.303 e. The molecular weight excluding hydrogens is 244 g/mol. The summed E-state index contributed by atoms with van der Waals surface area (Å²) in [5.41, 5.74) is 1.12. The Kier molecular flexibility index (Phi) is 4.32. The number of hydrogen-bond acceptors (Lipinski definition) is 2. The molecule has 14 heavy (non-hydrogen) atoms. The number of hydrogen-bond donors (Lipinski definition) is 0. The average Bonchev–Trinajstić information content (AvgIpc) is 2.50. The molecule has 1 rings (SSSR count). The maximum Gasteiger partial charge on any atom is 0.123 e. The first-order valence-corrected chi connectivity index (χ1v) is 5.63. The lowest BCUT2D eigenvalue weighted by molar-refractivity contribution is -0.110. The Balaban J connectivity index is 2.81. The Labute approximate surface area is 92.6 Å². The maximum absolute atomic E-state index is 10.6. The second-order valence-electron chi connectivity index (χ2n) is 3.48. The fraction of sp³-hybridized carbons (Fsp3) is 0.600. The fourth-order valence-corrected chi connectivity index (χ4v) is 1.81. The van der Waals surface area contributed by atoms with Crippen LogP contribution >= 0.6 is 15.9 Å². The average molecular weight is 259 g/mol. The zero-order valence-electron chi connectivity index (χ0n) is 8.53. The van der Waals surface area contributed by atoms with Gasteiger partial charge in [0.15, 0.2) is 0 Å². The molecule has 0 saturated heterocycles. The molecule has 0 radical (unpaired) electrons. The van der Waals surface area contributed by atoms with Crippen molar-refractivity contribution < 1.29 is 4.79 Å². The van der Waals surface area contributed by atoms with Crippen molar-refractivity contribution in [2.75, 3.05) is 0 Å². The molecule has 0 amide bonds. The third-order valence-corrected chi connectivity index (χ3v) is 2.74. The first kappa shape index (κ1) is 11.4. The maximum atomic E-state index is 10.6. The largest absolute Gasteiger partial charge is 0.303 e. The second kappa shape index (κ2) is 5.29. The van der Waals surface area contributed by atoms with Gasteiger partial charge >= 0.3 is 0 Å². The molecule has 0 N–H and O–H groups in total. The smallest absolute Gasteiger partial charge is 0.123 e. The summed E-state index contributed by atoms with van der Waals surface area (Å²) >= 11 is 3.45. The van der Waals surface area contributed by atoms with Crippen molar-refractivity contribution >= 4 is 22.2 Å². The fourth-order valence-electron chi connectivity index (χ4n) is 1.35. The lowest BCUT2D eigenvalue weighted by Gasteiger charge is -2.08. The molecule has 0 aromatic carbocycles. The van der Waals surface area contributed by atoms with Crippen LogP contribution in [-0.4, -0.2) is 16.1 Å². The van der Waals surface area contributed by atoms with Crippen molar-refractivity contribution in [1.82, 2.24) is 9.78 Å². The molecule has 0 aliphatic heterocycles. The van der Waals surface area contributed by atoms with E-state index >= 15 is 0 Å². The minimum atomic E-state index is 0.0543. The van der Waals surface area contributed by atoms with Crippen molar-refractivity contribution in [1.29, 1.82) is 0 Å². The highest BCUT2D eigenvalue weighted by atomic mass is 79.9. The first-order chi connectivity index (χ1) is 6.69. The van der Waals surface area contributed by atoms with Gasteiger partial charge in [-0.2, -0.15) is 5.10 Å². The van der Waals surface area contributed by atoms with Gasteiger partial charge in [0.25, 0.3) is 0 Å². The van der Waals surface area contributed by atoms with E-state index in [1.807, 2.05) is 11.6 Å². The Hall–Kier alpha value is -0.640. The minimum absolute atomic E-state index is 0.0543. The molecule has 4 heteroatoms. The lowest BCUT2D eigenvalue weighted by Crippen LogP contribution is -2.09. The summed E-state index contributed by atoms with van der Waals surface area (Å²) in [6.07, 6.45) is 4.58. The molecule has 1 aromatic heterocycles. The molecule has 0 saturated carbocycles. The molecule has 1 atom stereocenters. The molecule has 1 unspecified atom stereocenters. The standard InChI is InChI=1S/C10H15BrN2O/c1-3-4-13-10(5-8(2)7-14)9(11)6-12-13/h6-8H,3-5H2,1-2H3. The summed E-state index contributed by atoms with van der Waals surface area (Å²) in [5.74, 6) is 0.0543. The first-order valence-electron chi connectivity index (χ1n) is 4.84. The molecular formula is C10H15BrN2O. The van der Waals surface area contributed by atoms with Crippen LogP contribution in [0.2, 0.25) is 0 Å². The van der Waals surface area contributed by atoms with Gasteiger partial charge in [0, 0.05) is 12.5 Å². The Morgan fingerprint density at radius 3 is 3.00 bits per heavy atom. The van der Waals surface area contributed by atoms with Crippen LogP contribution in [0.1, 0.15) is 26.0 Å². The number of carbonyl (C=O) groups excluding carboxylic acids is 1. The van der Waals surface area contributed by atoms with E-state index in [1.165, 1.54) is 0 Å². The summed E-state index contributed by atoms with van der Waals surface area (Å²) < 4.78 is 2.96. The van der Waals surface area contributed by atoms with Gasteiger partial charge in [-0.3, -0.25) is 4.68 Å². The van der Waals surface area contributed by atoms with Crippen LogP contribution in [0.15, 0.2) is 10.7 Å². The summed E-state index contributed by atoms with van der Waals surface area (Å²) in [6, 6.07) is 0. The van der Waals surface area contributed by atoms with Crippen molar-refractivity contribution in [2.45, 2.75) is 33.2 Å². The van der Waals surface area contributed by atoms with E-state index in [9.17, 15) is 4.79 Å². The predicted octanol–water partition coefficient (Wildman–Crippen LogP) is 2.43. The highest BCUT2D eigenvalue weighted by Crippen LogP contribution is 2.19. The second-order valence-corrected chi connectivity index (χ2v) is 4.33. The van der Waals surface area contributed by atoms with E-state index in [2.05, 4.69) is 28.0 Å². The van der Waals surface area contributed by atoms with Gasteiger partial charge in [0.05, 0.1) is 16.4 Å². The van der Waals surface area contributed by atoms with E-state index in [4.69, 9.17) is 0 Å². The Morgan fingerprint density at radius 1 is 1.71 bits per heavy atom. The number of halogens is 1. The van der Waals surface area contributed by atoms with Crippen LogP contribution < -0.4 is 0 Å². The summed E-state index contributed by atoms with van der Waals surface area (Å²) in [6.45, 7) is 4.94. The molecule has 0 spiro atoms. The summed E-state index contributed by atoms with van der Waals surface area (Å²) in [7, 11) is 0. The Bertz CT molecular complexity index is 309. The van der Waals surface area contributed by atoms with Crippen molar-refractivity contribution in [3.8, 4) is 0 Å². The third kappa shape index (κ3) is 2.67. The zero-order chi connectivity index (χ0) is 10.6. The van der Waals surface area contributed by atoms with Gasteiger partial charge in [-0.25, -0.2) is 0 Å². The number of nitrogens with zero attached hydrogens (tertiary/aromatic N) is 2. The van der Waals surface area contributed by atoms with Crippen LogP contribution in [0.4, 0.5) is 0 Å². The highest BCUT2D eigenvalue weighted by molar-refractivity contribution is 9.10. The zero-order valence-corrected chi connectivity index (χ0v) is 10.1. The quantitative estimate of drug-likeness (QED) is 0.761. The molecule has 3 nitrogen and oxygen atoms in total. The topological polar surface area (TPSA) is 34.9 Å². The molecule has 0 bridgehead atoms. The van der Waals surface area contributed by atoms with E-state index < -0.39 is 0 Å². The molecule has 78 valence electrons. The number of rotatable bonds is 5. The van der Waals surface area contributed by atoms with Gasteiger partial charge in [0.1, 0.15) is 6.29 Å². The highest BCUT2D eigenvalue weighted by Gasteiger charge is 2.11. The monoisotopic (exact) mass is 258 g/mol. The van der Waals surface area contributed by atoms with Crippen LogP contribution in [0.3, 0.4) is 0 Å². The number of carbonyl (C=O) groups is 1. The van der Waals surface area contributed by atoms with Gasteiger partial charge < -0.3 is 4.79 Å². The molecule has 0 aliphatic carbocycles. The SMILES string of the molecule is CCCn1ncc(Br)c1CC(C)C=O. The van der Waals surface area contributed by atoms with Crippen LogP contribution in [0, 0.1) is 5.92 Å². The summed E-state index contributed by atoms with van der Waals surface area (Å²) in [4.78, 5) is 10.6. The Morgan fingerprint density at radius 2 is 2.43 bits per heavy atom. The number of aryl methyl sites for hydroxylation is 1. The lowest BCUT2D eigenvalue weighted by atomic mass is 10.1. The van der Waals surface area contributed by atoms with Crippen LogP contribution in [-0.2, 0) is 17.8 Å². The van der Waals surface area contributed by atoms with E-state index in [1.54, 1.807) is 6.20 Å². The third-order valence-electron chi connectivity index (χ3n) is 2.08.